The Morgan fingerprint density at radius 1 is 1.24 bits per heavy atom. The number of methoxy groups -OCH3 is 1. The molecule has 0 spiro atoms. The molecule has 3 heterocycles. The number of hydrogen-bond donors (Lipinski definition) is 0. The van der Waals surface area contributed by atoms with E-state index in [1.54, 1.807) is 16.7 Å². The fraction of sp³-hybridized carbons (Fsp3) is 0.368. The van der Waals surface area contributed by atoms with Gasteiger partial charge in [-0.25, -0.2) is 13.8 Å². The van der Waals surface area contributed by atoms with E-state index in [9.17, 15) is 18.8 Å². The summed E-state index contributed by atoms with van der Waals surface area (Å²) in [7, 11) is 2.70. The van der Waals surface area contributed by atoms with Gasteiger partial charge >= 0.3 is 11.7 Å². The van der Waals surface area contributed by atoms with E-state index in [4.69, 9.17) is 0 Å². The van der Waals surface area contributed by atoms with Crippen molar-refractivity contribution in [3.63, 3.8) is 0 Å². The number of hydrogen-bond acceptors (Lipinski definition) is 6. The van der Waals surface area contributed by atoms with Gasteiger partial charge in [-0.1, -0.05) is 6.92 Å². The topological polar surface area (TPSA) is 91.4 Å². The molecule has 9 nitrogen and oxygen atoms in total. The monoisotopic (exact) mass is 401 g/mol. The summed E-state index contributed by atoms with van der Waals surface area (Å²) < 4.78 is 21.8. The predicted molar refractivity (Wildman–Crippen MR) is 104 cm³/mol. The second-order valence-corrected chi connectivity index (χ2v) is 7.20. The molecule has 0 bridgehead atoms. The van der Waals surface area contributed by atoms with Gasteiger partial charge in [-0.3, -0.25) is 14.2 Å². The Balaban J connectivity index is 1.97. The number of halogens is 1. The van der Waals surface area contributed by atoms with Crippen LogP contribution in [0.1, 0.15) is 6.92 Å². The van der Waals surface area contributed by atoms with Crippen LogP contribution in [0.15, 0.2) is 33.9 Å². The van der Waals surface area contributed by atoms with Gasteiger partial charge in [0.1, 0.15) is 12.4 Å². The summed E-state index contributed by atoms with van der Waals surface area (Å²) in [5.74, 6) is -0.382. The Kier molecular flexibility index (Phi) is 4.48. The third-order valence-electron chi connectivity index (χ3n) is 5.10. The highest BCUT2D eigenvalue weighted by molar-refractivity contribution is 5.77. The van der Waals surface area contributed by atoms with Gasteiger partial charge in [-0.15, -0.1) is 0 Å². The molecular formula is C19H20FN5O4. The number of aryl methyl sites for hydroxylation is 1. The molecule has 0 radical (unpaired) electrons. The Morgan fingerprint density at radius 2 is 1.93 bits per heavy atom. The molecule has 1 aliphatic rings. The highest BCUT2D eigenvalue weighted by Gasteiger charge is 2.30. The molecule has 2 aromatic heterocycles. The number of nitrogens with zero attached hydrogens (tertiary/aromatic N) is 5. The molecule has 3 aromatic rings. The lowest BCUT2D eigenvalue weighted by Gasteiger charge is -2.32. The minimum Gasteiger partial charge on any atom is -0.468 e. The van der Waals surface area contributed by atoms with Crippen LogP contribution in [0.4, 0.5) is 16.0 Å². The van der Waals surface area contributed by atoms with Crippen LogP contribution in [0.25, 0.3) is 11.2 Å². The summed E-state index contributed by atoms with van der Waals surface area (Å²) in [6, 6.07) is 6.01. The number of carbonyl (C=O) groups is 1. The smallest absolute Gasteiger partial charge is 0.333 e. The van der Waals surface area contributed by atoms with Crippen LogP contribution < -0.4 is 16.1 Å². The average molecular weight is 401 g/mol. The molecule has 1 unspecified atom stereocenters. The van der Waals surface area contributed by atoms with E-state index in [1.807, 2.05) is 11.8 Å². The number of fused-ring (bicyclic) bond motifs is 3. The average Bonchev–Trinajstić information content (AvgIpc) is 3.09. The van der Waals surface area contributed by atoms with E-state index in [0.717, 1.165) is 10.3 Å². The lowest BCUT2D eigenvalue weighted by molar-refractivity contribution is -0.141. The molecule has 0 saturated carbocycles. The maximum Gasteiger partial charge on any atom is 0.333 e. The van der Waals surface area contributed by atoms with Crippen LogP contribution in [-0.2, 0) is 29.7 Å². The van der Waals surface area contributed by atoms with Gasteiger partial charge in [0.05, 0.1) is 7.11 Å². The normalized spacial score (nSPS) is 16.1. The number of anilines is 2. The van der Waals surface area contributed by atoms with Crippen LogP contribution in [0, 0.1) is 11.7 Å². The highest BCUT2D eigenvalue weighted by Crippen LogP contribution is 2.32. The van der Waals surface area contributed by atoms with Crippen LogP contribution in [0.2, 0.25) is 0 Å². The molecule has 0 N–H and O–H groups in total. The Hall–Kier alpha value is -3.43. The quantitative estimate of drug-likeness (QED) is 0.608. The van der Waals surface area contributed by atoms with E-state index in [0.29, 0.717) is 19.0 Å². The van der Waals surface area contributed by atoms with Gasteiger partial charge in [0.2, 0.25) is 5.95 Å². The molecule has 29 heavy (non-hydrogen) atoms. The molecule has 1 aromatic carbocycles. The fourth-order valence-electron chi connectivity index (χ4n) is 3.68. The maximum atomic E-state index is 13.4. The van der Waals surface area contributed by atoms with E-state index in [1.165, 1.54) is 30.9 Å². The zero-order valence-corrected chi connectivity index (χ0v) is 16.3. The Labute approximate surface area is 164 Å². The largest absolute Gasteiger partial charge is 0.468 e. The maximum absolute atomic E-state index is 13.4. The zero-order valence-electron chi connectivity index (χ0n) is 16.3. The molecular weight excluding hydrogens is 381 g/mol. The van der Waals surface area contributed by atoms with Crippen molar-refractivity contribution in [1.29, 1.82) is 0 Å². The van der Waals surface area contributed by atoms with Crippen molar-refractivity contribution in [2.45, 2.75) is 20.0 Å². The minimum atomic E-state index is -0.691. The first-order valence-corrected chi connectivity index (χ1v) is 9.11. The summed E-state index contributed by atoms with van der Waals surface area (Å²) in [5, 5.41) is 0. The second-order valence-electron chi connectivity index (χ2n) is 7.20. The molecule has 4 rings (SSSR count). The van der Waals surface area contributed by atoms with Gasteiger partial charge in [-0.05, 0) is 30.2 Å². The van der Waals surface area contributed by atoms with Gasteiger partial charge in [0, 0.05) is 25.8 Å². The van der Waals surface area contributed by atoms with Crippen LogP contribution >= 0.6 is 0 Å². The number of carbonyl (C=O) groups excluding carboxylic acids is 1. The second kappa shape index (κ2) is 6.87. The molecule has 152 valence electrons. The molecule has 10 heteroatoms. The van der Waals surface area contributed by atoms with E-state index < -0.39 is 23.8 Å². The van der Waals surface area contributed by atoms with E-state index >= 15 is 0 Å². The standard InChI is InChI=1S/C19H20FN5O4/c1-11-8-23(13-6-4-12(20)5-7-13)18-21-16-15(24(18)9-11)17(27)25(10-14(26)29-3)19(28)22(16)2/h4-7,11H,8-10H2,1-3H3. The number of benzene rings is 1. The van der Waals surface area contributed by atoms with Gasteiger partial charge in [-0.2, -0.15) is 4.98 Å². The predicted octanol–water partition coefficient (Wildman–Crippen LogP) is 0.997. The summed E-state index contributed by atoms with van der Waals surface area (Å²) in [5.41, 5.74) is -0.0403. The van der Waals surface area contributed by atoms with Crippen molar-refractivity contribution in [3.05, 3.63) is 50.9 Å². The number of aromatic nitrogens is 4. The van der Waals surface area contributed by atoms with Crippen molar-refractivity contribution in [2.24, 2.45) is 13.0 Å². The third kappa shape index (κ3) is 3.00. The van der Waals surface area contributed by atoms with Crippen molar-refractivity contribution < 1.29 is 13.9 Å². The summed E-state index contributed by atoms with van der Waals surface area (Å²) in [6.45, 7) is 2.70. The molecule has 0 fully saturated rings. The lowest BCUT2D eigenvalue weighted by Crippen LogP contribution is -2.42. The summed E-state index contributed by atoms with van der Waals surface area (Å²) in [4.78, 5) is 43.9. The Bertz CT molecular complexity index is 1220. The minimum absolute atomic E-state index is 0.163. The first-order valence-electron chi connectivity index (χ1n) is 9.11. The van der Waals surface area contributed by atoms with Gasteiger partial charge < -0.3 is 14.2 Å². The molecule has 0 amide bonds. The molecule has 0 saturated heterocycles. The molecule has 0 aliphatic carbocycles. The number of esters is 1. The van der Waals surface area contributed by atoms with Crippen molar-refractivity contribution in [3.8, 4) is 0 Å². The number of rotatable bonds is 3. The van der Waals surface area contributed by atoms with Crippen LogP contribution in [-0.4, -0.2) is 38.3 Å². The fourth-order valence-corrected chi connectivity index (χ4v) is 3.68. The summed E-state index contributed by atoms with van der Waals surface area (Å²) in [6.07, 6.45) is 0. The number of ether oxygens (including phenoxy) is 1. The number of imidazole rings is 1. The molecule has 1 atom stereocenters. The van der Waals surface area contributed by atoms with Gasteiger partial charge in [0.15, 0.2) is 11.2 Å². The van der Waals surface area contributed by atoms with Crippen LogP contribution in [0.3, 0.4) is 0 Å². The van der Waals surface area contributed by atoms with Crippen molar-refractivity contribution >= 4 is 28.8 Å². The SMILES string of the molecule is COC(=O)Cn1c(=O)c2c(nc3n2CC(C)CN3c2ccc(F)cc2)n(C)c1=O. The van der Waals surface area contributed by atoms with Crippen molar-refractivity contribution in [2.75, 3.05) is 18.6 Å². The van der Waals surface area contributed by atoms with Crippen molar-refractivity contribution in [1.82, 2.24) is 18.7 Å². The Morgan fingerprint density at radius 3 is 2.59 bits per heavy atom. The van der Waals surface area contributed by atoms with Gasteiger partial charge in [0.25, 0.3) is 5.56 Å². The van der Waals surface area contributed by atoms with Crippen LogP contribution in [0.5, 0.6) is 0 Å². The van der Waals surface area contributed by atoms with E-state index in [2.05, 4.69) is 9.72 Å². The first-order chi connectivity index (χ1) is 13.8. The first kappa shape index (κ1) is 18.9. The van der Waals surface area contributed by atoms with E-state index in [-0.39, 0.29) is 22.9 Å². The summed E-state index contributed by atoms with van der Waals surface area (Å²) >= 11 is 0. The highest BCUT2D eigenvalue weighted by atomic mass is 19.1. The third-order valence-corrected chi connectivity index (χ3v) is 5.10. The zero-order chi connectivity index (χ0) is 20.9. The lowest BCUT2D eigenvalue weighted by atomic mass is 10.1. The molecule has 1 aliphatic heterocycles.